The highest BCUT2D eigenvalue weighted by Gasteiger charge is 2.41. The number of carbonyl (C=O) groups excluding carboxylic acids is 1. The summed E-state index contributed by atoms with van der Waals surface area (Å²) >= 11 is 0. The first-order chi connectivity index (χ1) is 8.04. The topological polar surface area (TPSA) is 90.0 Å². The van der Waals surface area contributed by atoms with Crippen molar-refractivity contribution in [3.05, 3.63) is 0 Å². The van der Waals surface area contributed by atoms with Crippen LogP contribution >= 0.6 is 0 Å². The van der Waals surface area contributed by atoms with E-state index in [9.17, 15) is 13.2 Å². The molecule has 2 fully saturated rings. The van der Waals surface area contributed by atoms with Gasteiger partial charge < -0.3 is 4.90 Å². The molecule has 7 heteroatoms. The lowest BCUT2D eigenvalue weighted by Gasteiger charge is -2.21. The van der Waals surface area contributed by atoms with E-state index in [1.165, 1.54) is 4.90 Å². The third-order valence-electron chi connectivity index (χ3n) is 3.24. The van der Waals surface area contributed by atoms with Crippen LogP contribution in [0.25, 0.3) is 0 Å². The van der Waals surface area contributed by atoms with Crippen molar-refractivity contribution in [3.63, 3.8) is 0 Å². The second kappa shape index (κ2) is 4.53. The summed E-state index contributed by atoms with van der Waals surface area (Å²) in [6, 6.07) is 0.779. The summed E-state index contributed by atoms with van der Waals surface area (Å²) in [5.41, 5.74) is 0. The predicted molar refractivity (Wildman–Crippen MR) is 60.4 cm³/mol. The van der Waals surface area contributed by atoms with Gasteiger partial charge in [0.1, 0.15) is 6.04 Å². The maximum atomic E-state index is 11.9. The van der Waals surface area contributed by atoms with Crippen LogP contribution in [0.2, 0.25) is 0 Å². The van der Waals surface area contributed by atoms with Crippen molar-refractivity contribution in [1.29, 1.82) is 5.26 Å². The van der Waals surface area contributed by atoms with Gasteiger partial charge in [0.05, 0.1) is 17.9 Å². The summed E-state index contributed by atoms with van der Waals surface area (Å²) in [5.74, 6) is 0. The Kier molecular flexibility index (Phi) is 3.24. The number of hydrogen-bond donors (Lipinski definition) is 1. The Bertz CT molecular complexity index is 448. The number of nitriles is 1. The van der Waals surface area contributed by atoms with Crippen LogP contribution in [-0.2, 0) is 10.0 Å². The third-order valence-corrected chi connectivity index (χ3v) is 5.05. The lowest BCUT2D eigenvalue weighted by Crippen LogP contribution is -2.41. The number of nitrogens with one attached hydrogen (secondary N) is 1. The third kappa shape index (κ3) is 2.69. The van der Waals surface area contributed by atoms with Crippen molar-refractivity contribution in [3.8, 4) is 6.07 Å². The fourth-order valence-corrected chi connectivity index (χ4v) is 3.59. The molecule has 94 valence electrons. The van der Waals surface area contributed by atoms with E-state index in [1.807, 2.05) is 6.07 Å². The molecule has 1 atom stereocenters. The van der Waals surface area contributed by atoms with Crippen LogP contribution in [0.1, 0.15) is 32.1 Å². The number of carbonyl (C=O) groups is 1. The Morgan fingerprint density at radius 2 is 1.94 bits per heavy atom. The van der Waals surface area contributed by atoms with E-state index in [4.69, 9.17) is 5.26 Å². The molecule has 0 aromatic rings. The second-order valence-corrected chi connectivity index (χ2v) is 6.47. The molecule has 1 saturated carbocycles. The van der Waals surface area contributed by atoms with Gasteiger partial charge in [-0.1, -0.05) is 19.3 Å². The number of nitrogens with zero attached hydrogens (tertiary/aromatic N) is 2. The van der Waals surface area contributed by atoms with Crippen LogP contribution in [0.5, 0.6) is 0 Å². The van der Waals surface area contributed by atoms with Crippen molar-refractivity contribution in [2.24, 2.45) is 0 Å². The number of sulfonamides is 1. The molecule has 2 amide bonds. The number of hydrogen-bond acceptors (Lipinski definition) is 4. The molecular weight excluding hydrogens is 242 g/mol. The van der Waals surface area contributed by atoms with Crippen molar-refractivity contribution >= 4 is 16.1 Å². The fraction of sp³-hybridized carbons (Fsp3) is 0.800. The first kappa shape index (κ1) is 12.2. The quantitative estimate of drug-likeness (QED) is 0.732. The lowest BCUT2D eigenvalue weighted by molar-refractivity contribution is 0.233. The average molecular weight is 257 g/mol. The molecule has 2 aliphatic rings. The summed E-state index contributed by atoms with van der Waals surface area (Å²) in [4.78, 5) is 12.7. The molecule has 6 nitrogen and oxygen atoms in total. The first-order valence-corrected chi connectivity index (χ1v) is 7.31. The minimum Gasteiger partial charge on any atom is -0.303 e. The van der Waals surface area contributed by atoms with Crippen molar-refractivity contribution in [2.45, 2.75) is 43.4 Å². The van der Waals surface area contributed by atoms with E-state index in [0.717, 1.165) is 19.3 Å². The molecule has 1 N–H and O–H groups in total. The highest BCUT2D eigenvalue weighted by molar-refractivity contribution is 7.90. The van der Waals surface area contributed by atoms with Crippen LogP contribution in [0.3, 0.4) is 0 Å². The lowest BCUT2D eigenvalue weighted by atomic mass is 10.0. The van der Waals surface area contributed by atoms with Gasteiger partial charge in [0, 0.05) is 0 Å². The standard InChI is InChI=1S/C10H15N3O3S/c11-6-8-7-13(8)10(14)12-17(15,16)9-4-2-1-3-5-9/h8-9H,1-5,7H2,(H,12,14). The molecule has 1 heterocycles. The summed E-state index contributed by atoms with van der Waals surface area (Å²) < 4.78 is 25.8. The molecule has 0 aromatic heterocycles. The summed E-state index contributed by atoms with van der Waals surface area (Å²) in [6.45, 7) is 0.322. The summed E-state index contributed by atoms with van der Waals surface area (Å²) in [7, 11) is -3.57. The number of urea groups is 1. The number of rotatable bonds is 2. The molecule has 2 rings (SSSR count). The van der Waals surface area contributed by atoms with E-state index < -0.39 is 27.3 Å². The van der Waals surface area contributed by atoms with Gasteiger partial charge in [-0.2, -0.15) is 5.26 Å². The first-order valence-electron chi connectivity index (χ1n) is 5.76. The van der Waals surface area contributed by atoms with Gasteiger partial charge in [-0.3, -0.25) is 0 Å². The Morgan fingerprint density at radius 1 is 1.29 bits per heavy atom. The molecule has 0 spiro atoms. The normalized spacial score (nSPS) is 25.1. The SMILES string of the molecule is N#CC1CN1C(=O)NS(=O)(=O)C1CCCCC1. The van der Waals surface area contributed by atoms with Crippen LogP contribution in [0.4, 0.5) is 4.79 Å². The van der Waals surface area contributed by atoms with Crippen LogP contribution in [0.15, 0.2) is 0 Å². The molecule has 17 heavy (non-hydrogen) atoms. The maximum Gasteiger partial charge on any atom is 0.332 e. The largest absolute Gasteiger partial charge is 0.332 e. The van der Waals surface area contributed by atoms with Crippen molar-refractivity contribution in [1.82, 2.24) is 9.62 Å². The summed E-state index contributed by atoms with van der Waals surface area (Å²) in [6.07, 6.45) is 4.08. The van der Waals surface area contributed by atoms with Crippen molar-refractivity contribution < 1.29 is 13.2 Å². The maximum absolute atomic E-state index is 11.9. The zero-order valence-corrected chi connectivity index (χ0v) is 10.2. The molecular formula is C10H15N3O3S. The molecule has 1 aliphatic heterocycles. The molecule has 0 bridgehead atoms. The predicted octanol–water partition coefficient (Wildman–Crippen LogP) is 0.566. The Hall–Kier alpha value is -1.29. The van der Waals surface area contributed by atoms with E-state index in [0.29, 0.717) is 19.4 Å². The zero-order valence-electron chi connectivity index (χ0n) is 9.42. The van der Waals surface area contributed by atoms with E-state index in [1.54, 1.807) is 0 Å². The van der Waals surface area contributed by atoms with Crippen LogP contribution in [0, 0.1) is 11.3 Å². The highest BCUT2D eigenvalue weighted by Crippen LogP contribution is 2.24. The number of amides is 2. The average Bonchev–Trinajstić information content (AvgIpc) is 3.09. The van der Waals surface area contributed by atoms with Gasteiger partial charge >= 0.3 is 6.03 Å². The Balaban J connectivity index is 1.93. The van der Waals surface area contributed by atoms with Crippen LogP contribution < -0.4 is 4.72 Å². The van der Waals surface area contributed by atoms with Gasteiger partial charge in [0.15, 0.2) is 0 Å². The summed E-state index contributed by atoms with van der Waals surface area (Å²) in [5, 5.41) is 8.09. The molecule has 1 saturated heterocycles. The molecule has 1 aliphatic carbocycles. The highest BCUT2D eigenvalue weighted by atomic mass is 32.2. The zero-order chi connectivity index (χ0) is 12.5. The fourth-order valence-electron chi connectivity index (χ4n) is 2.11. The van der Waals surface area contributed by atoms with Gasteiger partial charge in [0.2, 0.25) is 10.0 Å². The minimum atomic E-state index is -3.57. The Morgan fingerprint density at radius 3 is 2.47 bits per heavy atom. The van der Waals surface area contributed by atoms with E-state index in [-0.39, 0.29) is 0 Å². The van der Waals surface area contributed by atoms with Gasteiger partial charge in [-0.15, -0.1) is 0 Å². The van der Waals surface area contributed by atoms with Gasteiger partial charge in [-0.25, -0.2) is 17.9 Å². The van der Waals surface area contributed by atoms with Gasteiger partial charge in [0.25, 0.3) is 0 Å². The second-order valence-electron chi connectivity index (χ2n) is 4.51. The Labute approximate surface area is 101 Å². The molecule has 0 aromatic carbocycles. The van der Waals surface area contributed by atoms with Crippen LogP contribution in [-0.4, -0.2) is 37.2 Å². The monoisotopic (exact) mass is 257 g/mol. The molecule has 0 radical (unpaired) electrons. The van der Waals surface area contributed by atoms with Gasteiger partial charge in [-0.05, 0) is 12.8 Å². The van der Waals surface area contributed by atoms with E-state index in [2.05, 4.69) is 4.72 Å². The molecule has 1 unspecified atom stereocenters. The van der Waals surface area contributed by atoms with E-state index >= 15 is 0 Å². The van der Waals surface area contributed by atoms with Crippen molar-refractivity contribution in [2.75, 3.05) is 6.54 Å². The minimum absolute atomic E-state index is 0.322. The smallest absolute Gasteiger partial charge is 0.303 e.